The van der Waals surface area contributed by atoms with Crippen molar-refractivity contribution in [1.29, 1.82) is 0 Å². The first-order chi connectivity index (χ1) is 14.0. The van der Waals surface area contributed by atoms with Crippen LogP contribution in [0, 0.1) is 0 Å². The fraction of sp³-hybridized carbons (Fsp3) is 0.100. The minimum Gasteiger partial charge on any atom is -0.387 e. The minimum atomic E-state index is -0.667. The van der Waals surface area contributed by atoms with Gasteiger partial charge in [0.05, 0.1) is 11.3 Å². The number of benzene rings is 1. The van der Waals surface area contributed by atoms with Crippen LogP contribution in [0.4, 0.5) is 11.5 Å². The van der Waals surface area contributed by atoms with Crippen LogP contribution in [0.2, 0.25) is 5.02 Å². The van der Waals surface area contributed by atoms with Gasteiger partial charge in [0.25, 0.3) is 11.8 Å². The molecule has 0 fully saturated rings. The van der Waals surface area contributed by atoms with Gasteiger partial charge in [-0.1, -0.05) is 11.6 Å². The molecule has 3 N–H and O–H groups in total. The molecule has 3 aromatic rings. The van der Waals surface area contributed by atoms with E-state index in [9.17, 15) is 14.7 Å². The first-order valence-corrected chi connectivity index (χ1v) is 9.88. The second-order valence-electron chi connectivity index (χ2n) is 5.90. The molecule has 0 aliphatic carbocycles. The summed E-state index contributed by atoms with van der Waals surface area (Å²) in [4.78, 5) is 33.7. The van der Waals surface area contributed by atoms with E-state index < -0.39 is 18.4 Å². The Morgan fingerprint density at radius 1 is 1.10 bits per heavy atom. The van der Waals surface area contributed by atoms with Gasteiger partial charge in [-0.25, -0.2) is 9.97 Å². The van der Waals surface area contributed by atoms with Crippen LogP contribution in [0.3, 0.4) is 0 Å². The summed E-state index contributed by atoms with van der Waals surface area (Å²) >= 11 is 7.28. The van der Waals surface area contributed by atoms with Crippen LogP contribution < -0.4 is 10.6 Å². The number of nitrogens with zero attached hydrogens (tertiary/aromatic N) is 3. The summed E-state index contributed by atoms with van der Waals surface area (Å²) in [6.45, 7) is -0.667. The fourth-order valence-electron chi connectivity index (χ4n) is 2.58. The van der Waals surface area contributed by atoms with Gasteiger partial charge < -0.3 is 10.8 Å². The van der Waals surface area contributed by atoms with E-state index in [1.807, 2.05) is 0 Å². The number of thioether (sulfide) groups is 1. The Bertz CT molecular complexity index is 1030. The second-order valence-corrected chi connectivity index (χ2v) is 7.30. The predicted molar refractivity (Wildman–Crippen MR) is 112 cm³/mol. The van der Waals surface area contributed by atoms with Crippen LogP contribution in [-0.4, -0.2) is 33.5 Å². The summed E-state index contributed by atoms with van der Waals surface area (Å²) in [5.74, 6) is -0.223. The third kappa shape index (κ3) is 5.11. The van der Waals surface area contributed by atoms with Gasteiger partial charge in [-0.05, 0) is 54.1 Å². The number of pyridine rings is 2. The summed E-state index contributed by atoms with van der Waals surface area (Å²) in [6, 6.07) is 13.5. The van der Waals surface area contributed by atoms with Crippen molar-refractivity contribution in [2.24, 2.45) is 5.73 Å². The zero-order chi connectivity index (χ0) is 20.8. The average molecular weight is 429 g/mol. The molecule has 0 aliphatic rings. The number of nitrogens with two attached hydrogens (primary N) is 1. The molecule has 7 nitrogen and oxygen atoms in total. The lowest BCUT2D eigenvalue weighted by molar-refractivity contribution is -0.120. The summed E-state index contributed by atoms with van der Waals surface area (Å²) in [7, 11) is 0. The number of hydrogen-bond donors (Lipinski definition) is 2. The van der Waals surface area contributed by atoms with Crippen molar-refractivity contribution in [2.45, 2.75) is 10.8 Å². The number of hydrogen-bond acceptors (Lipinski definition) is 6. The lowest BCUT2D eigenvalue weighted by Gasteiger charge is -2.21. The zero-order valence-electron chi connectivity index (χ0n) is 15.2. The molecule has 0 saturated carbocycles. The first-order valence-electron chi connectivity index (χ1n) is 8.51. The molecule has 2 amide bonds. The van der Waals surface area contributed by atoms with Crippen LogP contribution in [0.25, 0.3) is 0 Å². The number of aliphatic hydroxyl groups is 1. The fourth-order valence-corrected chi connectivity index (χ4v) is 3.65. The SMILES string of the molecule is NC(=O)c1cccnc1SCc1ccnc(N(C(=O)CO)c2ccc(Cl)cc2)c1. The number of carbonyl (C=O) groups excluding carboxylic acids is 2. The van der Waals surface area contributed by atoms with Crippen molar-refractivity contribution < 1.29 is 14.7 Å². The largest absolute Gasteiger partial charge is 0.387 e. The number of primary amides is 1. The molecule has 0 spiro atoms. The van der Waals surface area contributed by atoms with E-state index in [1.165, 1.54) is 16.7 Å². The highest BCUT2D eigenvalue weighted by molar-refractivity contribution is 7.98. The van der Waals surface area contributed by atoms with Crippen molar-refractivity contribution in [3.63, 3.8) is 0 Å². The molecule has 0 radical (unpaired) electrons. The van der Waals surface area contributed by atoms with Crippen molar-refractivity contribution in [1.82, 2.24) is 9.97 Å². The number of aromatic nitrogens is 2. The van der Waals surface area contributed by atoms with E-state index in [0.29, 0.717) is 32.9 Å². The normalized spacial score (nSPS) is 10.6. The van der Waals surface area contributed by atoms with Gasteiger partial charge in [0.15, 0.2) is 0 Å². The molecule has 0 unspecified atom stereocenters. The Balaban J connectivity index is 1.86. The first kappa shape index (κ1) is 20.8. The highest BCUT2D eigenvalue weighted by Crippen LogP contribution is 2.29. The Morgan fingerprint density at radius 3 is 2.55 bits per heavy atom. The summed E-state index contributed by atoms with van der Waals surface area (Å²) in [6.07, 6.45) is 3.17. The number of carbonyl (C=O) groups is 2. The van der Waals surface area contributed by atoms with Gasteiger partial charge >= 0.3 is 0 Å². The molecule has 3 rings (SSSR count). The van der Waals surface area contributed by atoms with Gasteiger partial charge in [-0.2, -0.15) is 0 Å². The van der Waals surface area contributed by atoms with Crippen LogP contribution in [0.15, 0.2) is 66.0 Å². The lowest BCUT2D eigenvalue weighted by atomic mass is 10.2. The summed E-state index contributed by atoms with van der Waals surface area (Å²) in [5.41, 5.74) is 7.13. The maximum Gasteiger partial charge on any atom is 0.258 e. The molecule has 2 heterocycles. The van der Waals surface area contributed by atoms with Crippen molar-refractivity contribution in [2.75, 3.05) is 11.5 Å². The number of aliphatic hydroxyl groups excluding tert-OH is 1. The Kier molecular flexibility index (Phi) is 6.82. The maximum atomic E-state index is 12.3. The van der Waals surface area contributed by atoms with E-state index in [1.54, 1.807) is 60.9 Å². The predicted octanol–water partition coefficient (Wildman–Crippen LogP) is 3.18. The van der Waals surface area contributed by atoms with Gasteiger partial charge in [0.2, 0.25) is 0 Å². The Labute approximate surface area is 176 Å². The number of halogens is 1. The number of anilines is 2. The molecular formula is C20H17ClN4O3S. The number of amides is 2. The third-order valence-electron chi connectivity index (χ3n) is 3.92. The van der Waals surface area contributed by atoms with E-state index in [4.69, 9.17) is 17.3 Å². The Morgan fingerprint density at radius 2 is 1.86 bits per heavy atom. The van der Waals surface area contributed by atoms with Gasteiger partial charge in [0, 0.05) is 23.2 Å². The topological polar surface area (TPSA) is 109 Å². The van der Waals surface area contributed by atoms with Crippen LogP contribution in [0.5, 0.6) is 0 Å². The summed E-state index contributed by atoms with van der Waals surface area (Å²) in [5, 5.41) is 10.4. The molecule has 29 heavy (non-hydrogen) atoms. The van der Waals surface area contributed by atoms with Crippen LogP contribution >= 0.6 is 23.4 Å². The highest BCUT2D eigenvalue weighted by atomic mass is 35.5. The standard InChI is InChI=1S/C20H17ClN4O3S/c21-14-3-5-15(6-4-14)25(18(27)11-26)17-10-13(7-9-23-17)12-29-20-16(19(22)28)2-1-8-24-20/h1-10,26H,11-12H2,(H2,22,28). The molecule has 0 aliphatic heterocycles. The number of rotatable bonds is 7. The maximum absolute atomic E-state index is 12.3. The molecule has 1 aromatic carbocycles. The molecule has 2 aromatic heterocycles. The summed E-state index contributed by atoms with van der Waals surface area (Å²) < 4.78 is 0. The second kappa shape index (κ2) is 9.51. The molecular weight excluding hydrogens is 412 g/mol. The smallest absolute Gasteiger partial charge is 0.258 e. The molecule has 0 saturated heterocycles. The van der Waals surface area contributed by atoms with E-state index in [-0.39, 0.29) is 0 Å². The van der Waals surface area contributed by atoms with E-state index in [0.717, 1.165) is 5.56 Å². The minimum absolute atomic E-state index is 0.352. The van der Waals surface area contributed by atoms with Crippen molar-refractivity contribution >= 4 is 46.7 Å². The monoisotopic (exact) mass is 428 g/mol. The van der Waals surface area contributed by atoms with Crippen molar-refractivity contribution in [3.8, 4) is 0 Å². The lowest BCUT2D eigenvalue weighted by Crippen LogP contribution is -2.29. The molecule has 0 atom stereocenters. The van der Waals surface area contributed by atoms with Crippen molar-refractivity contribution in [3.05, 3.63) is 77.1 Å². The zero-order valence-corrected chi connectivity index (χ0v) is 16.7. The van der Waals surface area contributed by atoms with Gasteiger partial charge in [-0.3, -0.25) is 14.5 Å². The Hall–Kier alpha value is -2.94. The molecule has 0 bridgehead atoms. The highest BCUT2D eigenvalue weighted by Gasteiger charge is 2.19. The van der Waals surface area contributed by atoms with E-state index in [2.05, 4.69) is 9.97 Å². The average Bonchev–Trinajstić information content (AvgIpc) is 2.74. The van der Waals surface area contributed by atoms with Crippen LogP contribution in [0.1, 0.15) is 15.9 Å². The van der Waals surface area contributed by atoms with E-state index >= 15 is 0 Å². The molecule has 9 heteroatoms. The quantitative estimate of drug-likeness (QED) is 0.559. The molecule has 148 valence electrons. The van der Waals surface area contributed by atoms with Gasteiger partial charge in [-0.15, -0.1) is 11.8 Å². The van der Waals surface area contributed by atoms with Gasteiger partial charge in [0.1, 0.15) is 17.5 Å². The third-order valence-corrected chi connectivity index (χ3v) is 5.25. The van der Waals surface area contributed by atoms with Crippen LogP contribution in [-0.2, 0) is 10.5 Å².